The number of aromatic nitrogens is 1. The number of amides is 1. The lowest BCUT2D eigenvalue weighted by Gasteiger charge is -2.38. The third kappa shape index (κ3) is 9.26. The van der Waals surface area contributed by atoms with Gasteiger partial charge in [0.2, 0.25) is 0 Å². The molecule has 10 nitrogen and oxygen atoms in total. The van der Waals surface area contributed by atoms with Gasteiger partial charge in [-0.3, -0.25) is 9.69 Å². The number of rotatable bonds is 5. The molecule has 2 heterocycles. The van der Waals surface area contributed by atoms with Gasteiger partial charge in [-0.05, 0) is 51.8 Å². The van der Waals surface area contributed by atoms with Crippen molar-refractivity contribution in [2.75, 3.05) is 26.7 Å². The summed E-state index contributed by atoms with van der Waals surface area (Å²) in [4.78, 5) is 36.0. The summed E-state index contributed by atoms with van der Waals surface area (Å²) in [5.74, 6) is -2.76. The highest BCUT2D eigenvalue weighted by atomic mass is 19.4. The van der Waals surface area contributed by atoms with E-state index in [1.54, 1.807) is 29.9 Å². The monoisotopic (exact) mass is 554 g/mol. The van der Waals surface area contributed by atoms with Crippen molar-refractivity contribution in [1.82, 2.24) is 14.8 Å². The minimum atomic E-state index is -5.08. The number of likely N-dealkylation sites (tertiary alicyclic amines) is 1. The molecule has 0 aliphatic carbocycles. The van der Waals surface area contributed by atoms with Crippen LogP contribution in [0.1, 0.15) is 38.3 Å². The molecule has 1 aromatic carbocycles. The number of benzene rings is 1. The largest absolute Gasteiger partial charge is 0.490 e. The van der Waals surface area contributed by atoms with Gasteiger partial charge >= 0.3 is 18.2 Å². The third-order valence-corrected chi connectivity index (χ3v) is 5.98. The number of alkyl halides is 3. The van der Waals surface area contributed by atoms with E-state index in [0.29, 0.717) is 25.2 Å². The number of piperidine rings is 1. The highest BCUT2D eigenvalue weighted by Gasteiger charge is 2.38. The number of ether oxygens (including phenoxy) is 2. The summed E-state index contributed by atoms with van der Waals surface area (Å²) < 4.78 is 44.5. The zero-order valence-corrected chi connectivity index (χ0v) is 22.5. The molecule has 1 aromatic heterocycles. The predicted octanol–water partition coefficient (Wildman–Crippen LogP) is 3.43. The van der Waals surface area contributed by atoms with E-state index in [4.69, 9.17) is 19.4 Å². The number of carbonyl (C=O) groups is 2. The van der Waals surface area contributed by atoms with Crippen molar-refractivity contribution in [2.45, 2.75) is 64.6 Å². The molecule has 0 radical (unpaired) electrons. The Bertz CT molecular complexity index is 1280. The molecule has 1 fully saturated rings. The van der Waals surface area contributed by atoms with Crippen LogP contribution >= 0.6 is 0 Å². The lowest BCUT2D eigenvalue weighted by atomic mass is 10.0. The fourth-order valence-corrected chi connectivity index (χ4v) is 4.14. The Hall–Kier alpha value is -3.63. The van der Waals surface area contributed by atoms with Crippen molar-refractivity contribution in [3.05, 3.63) is 45.7 Å². The summed E-state index contributed by atoms with van der Waals surface area (Å²) >= 11 is 0. The molecule has 3 rings (SSSR count). The Balaban J connectivity index is 0.000000673. The number of methoxy groups -OCH3 is 1. The van der Waals surface area contributed by atoms with Gasteiger partial charge in [0.1, 0.15) is 5.60 Å². The van der Waals surface area contributed by atoms with E-state index in [-0.39, 0.29) is 17.7 Å². The Kier molecular flexibility index (Phi) is 10.5. The maximum absolute atomic E-state index is 12.7. The van der Waals surface area contributed by atoms with Crippen molar-refractivity contribution in [3.63, 3.8) is 0 Å². The lowest BCUT2D eigenvalue weighted by Crippen LogP contribution is -2.55. The summed E-state index contributed by atoms with van der Waals surface area (Å²) in [6.45, 7) is 9.98. The molecule has 0 unspecified atom stereocenters. The number of carbonyl (C=O) groups excluding carboxylic acids is 1. The van der Waals surface area contributed by atoms with Gasteiger partial charge in [0.15, 0.2) is 0 Å². The van der Waals surface area contributed by atoms with Gasteiger partial charge in [-0.15, -0.1) is 0 Å². The number of halogens is 3. The predicted molar refractivity (Wildman–Crippen MR) is 136 cm³/mol. The maximum atomic E-state index is 12.7. The van der Waals surface area contributed by atoms with Crippen LogP contribution in [0.3, 0.4) is 0 Å². The van der Waals surface area contributed by atoms with Crippen LogP contribution in [0.2, 0.25) is 0 Å². The summed E-state index contributed by atoms with van der Waals surface area (Å²) in [5.41, 5.74) is 1.58. The normalized spacial score (nSPS) is 18.0. The van der Waals surface area contributed by atoms with Gasteiger partial charge in [0.05, 0.1) is 29.3 Å². The Morgan fingerprint density at radius 2 is 1.85 bits per heavy atom. The zero-order chi connectivity index (χ0) is 29.5. The van der Waals surface area contributed by atoms with Gasteiger partial charge in [0.25, 0.3) is 5.56 Å². The molecule has 1 saturated heterocycles. The second-order valence-corrected chi connectivity index (χ2v) is 10.1. The first-order chi connectivity index (χ1) is 18.1. The maximum Gasteiger partial charge on any atom is 0.490 e. The van der Waals surface area contributed by atoms with E-state index >= 15 is 0 Å². The second-order valence-electron chi connectivity index (χ2n) is 10.1. The van der Waals surface area contributed by atoms with E-state index in [1.165, 1.54) is 0 Å². The number of carboxylic acid groups (broad SMARTS) is 1. The van der Waals surface area contributed by atoms with E-state index in [1.807, 2.05) is 33.8 Å². The molecule has 13 heteroatoms. The number of alkyl carbamates (subject to hydrolysis) is 1. The molecule has 0 saturated carbocycles. The molecule has 1 aliphatic rings. The first-order valence-corrected chi connectivity index (χ1v) is 12.1. The zero-order valence-electron chi connectivity index (χ0n) is 22.5. The average Bonchev–Trinajstić information content (AvgIpc) is 2.82. The van der Waals surface area contributed by atoms with Crippen LogP contribution in [-0.4, -0.2) is 77.3 Å². The first kappa shape index (κ1) is 31.6. The fourth-order valence-electron chi connectivity index (χ4n) is 4.14. The molecule has 2 N–H and O–H groups in total. The standard InChI is InChI=1S/C24H32N4O4.C2HF3O2/c1-16-12-22(29)28(20-13-17(14-25)6-7-18(16)20)11-10-27-9-8-19(21(15-27)31-5)26-23(30)32-24(2,3)4;3-2(4,5)1(6)7/h6-7,12-13,19,21H,8-11,15H2,1-5H3,(H,26,30);(H,6,7)/t19-,21+;/m0./s1. The van der Waals surface area contributed by atoms with Crippen LogP contribution in [0.4, 0.5) is 18.0 Å². The SMILES string of the molecule is CO[C@@H]1CN(CCn2c(=O)cc(C)c3ccc(C#N)cc32)CC[C@@H]1NC(=O)OC(C)(C)C.O=C(O)C(F)(F)F. The van der Waals surface area contributed by atoms with Crippen LogP contribution in [0.15, 0.2) is 29.1 Å². The van der Waals surface area contributed by atoms with Crippen LogP contribution in [0, 0.1) is 18.3 Å². The Morgan fingerprint density at radius 3 is 2.38 bits per heavy atom. The van der Waals surface area contributed by atoms with Crippen LogP contribution < -0.4 is 10.9 Å². The Labute approximate surface area is 223 Å². The molecule has 0 spiro atoms. The molecule has 39 heavy (non-hydrogen) atoms. The number of fused-ring (bicyclic) bond motifs is 1. The number of carboxylic acids is 1. The molecule has 2 atom stereocenters. The number of nitriles is 1. The topological polar surface area (TPSA) is 134 Å². The van der Waals surface area contributed by atoms with Crippen molar-refractivity contribution >= 4 is 23.0 Å². The summed E-state index contributed by atoms with van der Waals surface area (Å²) in [6, 6.07) is 9.11. The molecule has 214 valence electrons. The average molecular weight is 555 g/mol. The molecular weight excluding hydrogens is 521 g/mol. The van der Waals surface area contributed by atoms with Crippen molar-refractivity contribution in [3.8, 4) is 6.07 Å². The molecule has 1 amide bonds. The smallest absolute Gasteiger partial charge is 0.475 e. The van der Waals surface area contributed by atoms with Crippen LogP contribution in [0.25, 0.3) is 10.9 Å². The van der Waals surface area contributed by atoms with Gasteiger partial charge < -0.3 is 24.5 Å². The highest BCUT2D eigenvalue weighted by Crippen LogP contribution is 2.19. The van der Waals surface area contributed by atoms with Crippen molar-refractivity contribution < 1.29 is 37.3 Å². The fraction of sp³-hybridized carbons (Fsp3) is 0.538. The number of nitrogens with one attached hydrogen (secondary N) is 1. The number of pyridine rings is 1. The first-order valence-electron chi connectivity index (χ1n) is 12.1. The molecule has 1 aliphatic heterocycles. The Morgan fingerprint density at radius 1 is 1.21 bits per heavy atom. The van der Waals surface area contributed by atoms with Gasteiger partial charge in [-0.2, -0.15) is 18.4 Å². The number of hydrogen-bond donors (Lipinski definition) is 2. The molecule has 2 aromatic rings. The number of aryl methyl sites for hydroxylation is 1. The van der Waals surface area contributed by atoms with E-state index in [9.17, 15) is 28.0 Å². The van der Waals surface area contributed by atoms with Gasteiger partial charge in [-0.1, -0.05) is 6.07 Å². The number of nitrogens with zero attached hydrogens (tertiary/aromatic N) is 3. The van der Waals surface area contributed by atoms with E-state index < -0.39 is 23.8 Å². The van der Waals surface area contributed by atoms with E-state index in [2.05, 4.69) is 16.3 Å². The molecule has 0 bridgehead atoms. The highest BCUT2D eigenvalue weighted by molar-refractivity contribution is 5.83. The van der Waals surface area contributed by atoms with E-state index in [0.717, 1.165) is 29.4 Å². The van der Waals surface area contributed by atoms with Crippen LogP contribution in [-0.2, 0) is 20.8 Å². The second kappa shape index (κ2) is 12.9. The minimum Gasteiger partial charge on any atom is -0.475 e. The van der Waals surface area contributed by atoms with Gasteiger partial charge in [0, 0.05) is 44.7 Å². The quantitative estimate of drug-likeness (QED) is 0.574. The number of aliphatic carboxylic acids is 1. The minimum absolute atomic E-state index is 0.0742. The lowest BCUT2D eigenvalue weighted by molar-refractivity contribution is -0.192. The van der Waals surface area contributed by atoms with Crippen molar-refractivity contribution in [2.24, 2.45) is 0 Å². The van der Waals surface area contributed by atoms with Gasteiger partial charge in [-0.25, -0.2) is 9.59 Å². The summed E-state index contributed by atoms with van der Waals surface area (Å²) in [7, 11) is 1.64. The summed E-state index contributed by atoms with van der Waals surface area (Å²) in [5, 5.41) is 20.3. The molecular formula is C26H33F3N4O6. The number of hydrogen-bond acceptors (Lipinski definition) is 7. The van der Waals surface area contributed by atoms with Crippen molar-refractivity contribution in [1.29, 1.82) is 5.26 Å². The third-order valence-electron chi connectivity index (χ3n) is 5.98. The van der Waals surface area contributed by atoms with Crippen LogP contribution in [0.5, 0.6) is 0 Å². The summed E-state index contributed by atoms with van der Waals surface area (Å²) in [6.07, 6.45) is -4.98.